The Labute approximate surface area is 176 Å². The third kappa shape index (κ3) is 5.53. The minimum atomic E-state index is -0.135. The summed E-state index contributed by atoms with van der Waals surface area (Å²) in [5, 5.41) is 2.87. The van der Waals surface area contributed by atoms with Crippen LogP contribution in [0.2, 0.25) is 0 Å². The Morgan fingerprint density at radius 3 is 2.63 bits per heavy atom. The molecule has 0 bridgehead atoms. The molecule has 2 amide bonds. The number of benzene rings is 2. The lowest BCUT2D eigenvalue weighted by Crippen LogP contribution is -2.39. The van der Waals surface area contributed by atoms with Crippen molar-refractivity contribution in [3.8, 4) is 17.2 Å². The molecular formula is C23H26N2O5. The number of carbonyl (C=O) groups excluding carboxylic acids is 2. The number of hydrogen-bond acceptors (Lipinski definition) is 5. The van der Waals surface area contributed by atoms with Crippen molar-refractivity contribution in [1.82, 2.24) is 0 Å². The van der Waals surface area contributed by atoms with E-state index in [4.69, 9.17) is 14.2 Å². The van der Waals surface area contributed by atoms with Gasteiger partial charge in [0.2, 0.25) is 5.91 Å². The molecule has 0 aromatic heterocycles. The minimum absolute atomic E-state index is 0.000180. The number of nitrogens with zero attached hydrogens (tertiary/aromatic N) is 1. The predicted molar refractivity (Wildman–Crippen MR) is 115 cm³/mol. The summed E-state index contributed by atoms with van der Waals surface area (Å²) in [6, 6.07) is 12.6. The van der Waals surface area contributed by atoms with E-state index in [0.29, 0.717) is 43.1 Å². The molecule has 0 atom stereocenters. The topological polar surface area (TPSA) is 77.1 Å². The Hall–Kier alpha value is -3.48. The van der Waals surface area contributed by atoms with E-state index in [1.54, 1.807) is 30.2 Å². The maximum absolute atomic E-state index is 12.3. The molecule has 0 unspecified atom stereocenters. The highest BCUT2D eigenvalue weighted by atomic mass is 16.5. The highest BCUT2D eigenvalue weighted by molar-refractivity contribution is 5.99. The molecule has 0 fully saturated rings. The lowest BCUT2D eigenvalue weighted by molar-refractivity contribution is -0.121. The smallest absolute Gasteiger partial charge is 0.265 e. The number of anilines is 2. The summed E-state index contributed by atoms with van der Waals surface area (Å²) in [4.78, 5) is 26.1. The lowest BCUT2D eigenvalue weighted by Gasteiger charge is -2.30. The van der Waals surface area contributed by atoms with Gasteiger partial charge in [-0.25, -0.2) is 0 Å². The zero-order valence-corrected chi connectivity index (χ0v) is 17.3. The number of amides is 2. The van der Waals surface area contributed by atoms with Gasteiger partial charge >= 0.3 is 0 Å². The van der Waals surface area contributed by atoms with Gasteiger partial charge < -0.3 is 24.4 Å². The summed E-state index contributed by atoms with van der Waals surface area (Å²) >= 11 is 0. The molecule has 1 heterocycles. The average Bonchev–Trinajstić information content (AvgIpc) is 2.73. The molecule has 2 aromatic rings. The summed E-state index contributed by atoms with van der Waals surface area (Å²) in [5.41, 5.74) is 2.11. The van der Waals surface area contributed by atoms with Gasteiger partial charge in [0.15, 0.2) is 6.61 Å². The van der Waals surface area contributed by atoms with Crippen molar-refractivity contribution in [2.24, 2.45) is 0 Å². The van der Waals surface area contributed by atoms with Crippen molar-refractivity contribution in [1.29, 1.82) is 0 Å². The molecule has 1 aliphatic rings. The summed E-state index contributed by atoms with van der Waals surface area (Å²) in [7, 11) is 1.61. The van der Waals surface area contributed by atoms with Gasteiger partial charge in [0.1, 0.15) is 17.2 Å². The average molecular weight is 410 g/mol. The molecule has 1 aliphatic heterocycles. The predicted octanol–water partition coefficient (Wildman–Crippen LogP) is 3.79. The Bertz CT molecular complexity index is 924. The molecule has 30 heavy (non-hydrogen) atoms. The van der Waals surface area contributed by atoms with E-state index in [1.165, 1.54) is 0 Å². The van der Waals surface area contributed by atoms with Crippen molar-refractivity contribution in [3.05, 3.63) is 54.6 Å². The highest BCUT2D eigenvalue weighted by Gasteiger charge is 2.25. The first-order chi connectivity index (χ1) is 14.5. The normalized spacial score (nSPS) is 12.6. The molecule has 0 spiro atoms. The second-order valence-electron chi connectivity index (χ2n) is 7.08. The molecule has 7 heteroatoms. The van der Waals surface area contributed by atoms with Gasteiger partial charge in [-0.15, -0.1) is 0 Å². The van der Waals surface area contributed by atoms with Gasteiger partial charge in [-0.1, -0.05) is 12.2 Å². The first-order valence-corrected chi connectivity index (χ1v) is 9.74. The highest BCUT2D eigenvalue weighted by Crippen LogP contribution is 2.35. The van der Waals surface area contributed by atoms with Gasteiger partial charge in [-0.05, 0) is 55.8 Å². The van der Waals surface area contributed by atoms with Crippen LogP contribution in [0.4, 0.5) is 11.4 Å². The van der Waals surface area contributed by atoms with E-state index in [2.05, 4.69) is 11.9 Å². The maximum Gasteiger partial charge on any atom is 0.265 e. The van der Waals surface area contributed by atoms with E-state index in [1.807, 2.05) is 31.2 Å². The fourth-order valence-electron chi connectivity index (χ4n) is 3.04. The van der Waals surface area contributed by atoms with Crippen molar-refractivity contribution < 1.29 is 23.8 Å². The quantitative estimate of drug-likeness (QED) is 0.503. The minimum Gasteiger partial charge on any atom is -0.497 e. The Kier molecular flexibility index (Phi) is 6.95. The largest absolute Gasteiger partial charge is 0.497 e. The van der Waals surface area contributed by atoms with Crippen LogP contribution in [-0.2, 0) is 9.59 Å². The van der Waals surface area contributed by atoms with Crippen LogP contribution in [0.1, 0.15) is 19.8 Å². The first-order valence-electron chi connectivity index (χ1n) is 9.74. The molecule has 3 rings (SSSR count). The standard InChI is InChI=1S/C23H26N2O5/c1-16(2)14-25-20-13-17(6-11-21(20)30-15-23(25)27)24-22(26)5-4-12-29-19-9-7-18(28-3)8-10-19/h6-11,13H,1,4-5,12,14-15H2,2-3H3,(H,24,26). The monoisotopic (exact) mass is 410 g/mol. The molecule has 0 aliphatic carbocycles. The lowest BCUT2D eigenvalue weighted by atomic mass is 10.2. The summed E-state index contributed by atoms with van der Waals surface area (Å²) in [6.45, 7) is 6.58. The van der Waals surface area contributed by atoms with Crippen LogP contribution in [0.25, 0.3) is 0 Å². The second kappa shape index (κ2) is 9.82. The number of rotatable bonds is 9. The number of ether oxygens (including phenoxy) is 3. The molecule has 0 saturated heterocycles. The molecule has 0 radical (unpaired) electrons. The van der Waals surface area contributed by atoms with Crippen LogP contribution in [0.5, 0.6) is 17.2 Å². The van der Waals surface area contributed by atoms with Gasteiger partial charge in [0.05, 0.1) is 19.4 Å². The number of methoxy groups -OCH3 is 1. The third-order valence-corrected chi connectivity index (χ3v) is 4.49. The molecule has 2 aromatic carbocycles. The van der Waals surface area contributed by atoms with Crippen LogP contribution < -0.4 is 24.4 Å². The second-order valence-corrected chi connectivity index (χ2v) is 7.08. The van der Waals surface area contributed by atoms with Gasteiger partial charge in [0, 0.05) is 18.7 Å². The SMILES string of the molecule is C=C(C)CN1C(=O)COc2ccc(NC(=O)CCCOc3ccc(OC)cc3)cc21. The third-order valence-electron chi connectivity index (χ3n) is 4.49. The van der Waals surface area contributed by atoms with Crippen molar-refractivity contribution in [2.75, 3.05) is 37.1 Å². The van der Waals surface area contributed by atoms with E-state index in [-0.39, 0.29) is 18.4 Å². The summed E-state index contributed by atoms with van der Waals surface area (Å²) < 4.78 is 16.2. The van der Waals surface area contributed by atoms with Gasteiger partial charge in [0.25, 0.3) is 5.91 Å². The zero-order chi connectivity index (χ0) is 21.5. The Morgan fingerprint density at radius 2 is 1.93 bits per heavy atom. The van der Waals surface area contributed by atoms with Crippen LogP contribution in [0.15, 0.2) is 54.6 Å². The van der Waals surface area contributed by atoms with Crippen molar-refractivity contribution in [3.63, 3.8) is 0 Å². The molecule has 7 nitrogen and oxygen atoms in total. The van der Waals surface area contributed by atoms with E-state index in [9.17, 15) is 9.59 Å². The Morgan fingerprint density at radius 1 is 1.20 bits per heavy atom. The summed E-state index contributed by atoms with van der Waals surface area (Å²) in [5.74, 6) is 1.85. The first kappa shape index (κ1) is 21.2. The Balaban J connectivity index is 1.52. The van der Waals surface area contributed by atoms with E-state index in [0.717, 1.165) is 17.1 Å². The van der Waals surface area contributed by atoms with E-state index < -0.39 is 0 Å². The molecule has 1 N–H and O–H groups in total. The van der Waals surface area contributed by atoms with Crippen LogP contribution in [0, 0.1) is 0 Å². The van der Waals surface area contributed by atoms with Crippen LogP contribution in [0.3, 0.4) is 0 Å². The van der Waals surface area contributed by atoms with Crippen molar-refractivity contribution >= 4 is 23.2 Å². The van der Waals surface area contributed by atoms with Gasteiger partial charge in [-0.3, -0.25) is 9.59 Å². The van der Waals surface area contributed by atoms with E-state index >= 15 is 0 Å². The molecule has 158 valence electrons. The van der Waals surface area contributed by atoms with Gasteiger partial charge in [-0.2, -0.15) is 0 Å². The molecular weight excluding hydrogens is 384 g/mol. The van der Waals surface area contributed by atoms with Crippen LogP contribution in [-0.4, -0.2) is 38.7 Å². The van der Waals surface area contributed by atoms with Crippen LogP contribution >= 0.6 is 0 Å². The summed E-state index contributed by atoms with van der Waals surface area (Å²) in [6.07, 6.45) is 0.893. The maximum atomic E-state index is 12.3. The fourth-order valence-corrected chi connectivity index (χ4v) is 3.04. The van der Waals surface area contributed by atoms with Crippen molar-refractivity contribution in [2.45, 2.75) is 19.8 Å². The zero-order valence-electron chi connectivity index (χ0n) is 17.3. The number of fused-ring (bicyclic) bond motifs is 1. The molecule has 0 saturated carbocycles. The number of carbonyl (C=O) groups is 2. The number of nitrogens with one attached hydrogen (secondary N) is 1. The fraction of sp³-hybridized carbons (Fsp3) is 0.304. The number of hydrogen-bond donors (Lipinski definition) is 1.